The van der Waals surface area contributed by atoms with Crippen molar-refractivity contribution in [1.29, 1.82) is 0 Å². The Hall–Kier alpha value is -0.760. The molecule has 0 atom stereocenters. The van der Waals surface area contributed by atoms with Crippen LogP contribution in [0.5, 0.6) is 0 Å². The minimum Gasteiger partial charge on any atom is -0.378 e. The van der Waals surface area contributed by atoms with E-state index in [1.165, 1.54) is 0 Å². The number of hydrogen-bond donors (Lipinski definition) is 2. The van der Waals surface area contributed by atoms with Crippen LogP contribution in [0.25, 0.3) is 0 Å². The van der Waals surface area contributed by atoms with Gasteiger partial charge in [0.25, 0.3) is 0 Å². The molecule has 2 N–H and O–H groups in total. The molecule has 0 aromatic heterocycles. The van der Waals surface area contributed by atoms with Gasteiger partial charge in [-0.3, -0.25) is 10.1 Å². The topological polar surface area (TPSA) is 85.7 Å². The van der Waals surface area contributed by atoms with Gasteiger partial charge in [0, 0.05) is 24.9 Å². The van der Waals surface area contributed by atoms with Crippen molar-refractivity contribution in [3.8, 4) is 0 Å². The second-order valence-corrected chi connectivity index (χ2v) is 4.33. The van der Waals surface area contributed by atoms with Gasteiger partial charge in [-0.1, -0.05) is 0 Å². The third kappa shape index (κ3) is 5.40. The molecule has 0 spiro atoms. The van der Waals surface area contributed by atoms with Crippen molar-refractivity contribution in [2.45, 2.75) is 12.5 Å². The molecule has 0 aliphatic carbocycles. The van der Waals surface area contributed by atoms with Gasteiger partial charge in [0.2, 0.25) is 5.54 Å². The molecular weight excluding hydrogens is 226 g/mol. The van der Waals surface area contributed by atoms with Crippen LogP contribution >= 0.6 is 0 Å². The van der Waals surface area contributed by atoms with Crippen molar-refractivity contribution in [2.75, 3.05) is 52.6 Å². The lowest BCUT2D eigenvalue weighted by Crippen LogP contribution is -2.52. The molecule has 0 unspecified atom stereocenters. The molecule has 1 saturated heterocycles. The number of nitrogens with zero attached hydrogens (tertiary/aromatic N) is 1. The summed E-state index contributed by atoms with van der Waals surface area (Å²) in [6, 6.07) is 0. The van der Waals surface area contributed by atoms with Gasteiger partial charge in [0.1, 0.15) is 0 Å². The highest BCUT2D eigenvalue weighted by molar-refractivity contribution is 4.79. The molecule has 17 heavy (non-hydrogen) atoms. The Morgan fingerprint density at radius 1 is 1.06 bits per heavy atom. The highest BCUT2D eigenvalue weighted by Gasteiger charge is 2.36. The van der Waals surface area contributed by atoms with Crippen LogP contribution in [0, 0.1) is 10.1 Å². The van der Waals surface area contributed by atoms with Gasteiger partial charge < -0.3 is 20.1 Å². The molecular formula is C10H21N3O4. The lowest BCUT2D eigenvalue weighted by Gasteiger charge is -2.21. The van der Waals surface area contributed by atoms with Crippen LogP contribution in [-0.2, 0) is 9.47 Å². The maximum Gasteiger partial charge on any atom is 0.243 e. The van der Waals surface area contributed by atoms with Crippen LogP contribution in [-0.4, -0.2) is 63.1 Å². The first-order valence-electron chi connectivity index (χ1n) is 5.86. The average molecular weight is 247 g/mol. The smallest absolute Gasteiger partial charge is 0.243 e. The van der Waals surface area contributed by atoms with Crippen LogP contribution in [0.4, 0.5) is 0 Å². The lowest BCUT2D eigenvalue weighted by atomic mass is 10.0. The molecule has 0 radical (unpaired) electrons. The Morgan fingerprint density at radius 3 is 1.94 bits per heavy atom. The van der Waals surface area contributed by atoms with Crippen LogP contribution in [0.3, 0.4) is 0 Å². The number of ether oxygens (including phenoxy) is 2. The fourth-order valence-electron chi connectivity index (χ4n) is 1.52. The monoisotopic (exact) mass is 247 g/mol. The molecule has 0 saturated carbocycles. The largest absolute Gasteiger partial charge is 0.378 e. The SMILES string of the molecule is CC1([N+](=O)[O-])CNCCOCCOCCNC1. The van der Waals surface area contributed by atoms with Crippen LogP contribution in [0.1, 0.15) is 6.92 Å². The minimum atomic E-state index is -0.992. The van der Waals surface area contributed by atoms with E-state index < -0.39 is 5.54 Å². The second kappa shape index (κ2) is 7.54. The quantitative estimate of drug-likeness (QED) is 0.468. The first kappa shape index (κ1) is 14.3. The zero-order valence-electron chi connectivity index (χ0n) is 10.2. The number of nitrogens with one attached hydrogen (secondary N) is 2. The first-order chi connectivity index (χ1) is 8.15. The van der Waals surface area contributed by atoms with Crippen molar-refractivity contribution in [1.82, 2.24) is 10.6 Å². The van der Waals surface area contributed by atoms with Gasteiger partial charge in [-0.05, 0) is 0 Å². The molecule has 7 nitrogen and oxygen atoms in total. The van der Waals surface area contributed by atoms with E-state index in [-0.39, 0.29) is 4.92 Å². The van der Waals surface area contributed by atoms with Crippen LogP contribution in [0.2, 0.25) is 0 Å². The first-order valence-corrected chi connectivity index (χ1v) is 5.86. The van der Waals surface area contributed by atoms with Crippen LogP contribution in [0.15, 0.2) is 0 Å². The summed E-state index contributed by atoms with van der Waals surface area (Å²) in [6.45, 7) is 5.74. The molecule has 1 heterocycles. The van der Waals surface area contributed by atoms with Crippen molar-refractivity contribution < 1.29 is 14.4 Å². The predicted molar refractivity (Wildman–Crippen MR) is 62.8 cm³/mol. The molecule has 7 heteroatoms. The molecule has 100 valence electrons. The third-order valence-corrected chi connectivity index (χ3v) is 2.67. The Labute approximate surface area is 101 Å². The van der Waals surface area contributed by atoms with Crippen LogP contribution < -0.4 is 10.6 Å². The maximum absolute atomic E-state index is 11.0. The summed E-state index contributed by atoms with van der Waals surface area (Å²) in [5.41, 5.74) is -0.992. The van der Waals surface area contributed by atoms with E-state index in [1.807, 2.05) is 0 Å². The fourth-order valence-corrected chi connectivity index (χ4v) is 1.52. The molecule has 0 bridgehead atoms. The highest BCUT2D eigenvalue weighted by atomic mass is 16.6. The number of nitro groups is 1. The van der Waals surface area contributed by atoms with Crippen molar-refractivity contribution in [3.63, 3.8) is 0 Å². The molecule has 0 aromatic rings. The van der Waals surface area contributed by atoms with Gasteiger partial charge in [-0.2, -0.15) is 0 Å². The summed E-state index contributed by atoms with van der Waals surface area (Å²) in [7, 11) is 0. The van der Waals surface area contributed by atoms with Gasteiger partial charge >= 0.3 is 0 Å². The number of rotatable bonds is 1. The average Bonchev–Trinajstić information content (AvgIpc) is 2.31. The van der Waals surface area contributed by atoms with E-state index in [2.05, 4.69) is 10.6 Å². The van der Waals surface area contributed by atoms with E-state index in [0.29, 0.717) is 52.6 Å². The highest BCUT2D eigenvalue weighted by Crippen LogP contribution is 2.06. The summed E-state index contributed by atoms with van der Waals surface area (Å²) in [4.78, 5) is 10.8. The van der Waals surface area contributed by atoms with Gasteiger partial charge in [0.15, 0.2) is 0 Å². The zero-order valence-corrected chi connectivity index (χ0v) is 10.2. The van der Waals surface area contributed by atoms with Crippen molar-refractivity contribution >= 4 is 0 Å². The maximum atomic E-state index is 11.0. The minimum absolute atomic E-state index is 0.242. The van der Waals surface area contributed by atoms with E-state index in [1.54, 1.807) is 6.92 Å². The summed E-state index contributed by atoms with van der Waals surface area (Å²) < 4.78 is 10.6. The Balaban J connectivity index is 2.44. The zero-order chi connectivity index (χ0) is 12.6. The lowest BCUT2D eigenvalue weighted by molar-refractivity contribution is -0.560. The van der Waals surface area contributed by atoms with Crippen molar-refractivity contribution in [2.24, 2.45) is 0 Å². The van der Waals surface area contributed by atoms with Gasteiger partial charge in [-0.25, -0.2) is 0 Å². The Morgan fingerprint density at radius 2 is 1.53 bits per heavy atom. The molecule has 1 fully saturated rings. The van der Waals surface area contributed by atoms with E-state index >= 15 is 0 Å². The normalized spacial score (nSPS) is 24.1. The van der Waals surface area contributed by atoms with Crippen molar-refractivity contribution in [3.05, 3.63) is 10.1 Å². The summed E-state index contributed by atoms with van der Waals surface area (Å²) >= 11 is 0. The molecule has 0 aromatic carbocycles. The second-order valence-electron chi connectivity index (χ2n) is 4.33. The summed E-state index contributed by atoms with van der Waals surface area (Å²) in [5, 5.41) is 17.1. The molecule has 1 aliphatic heterocycles. The summed E-state index contributed by atoms with van der Waals surface area (Å²) in [5.74, 6) is 0. The molecule has 0 amide bonds. The number of hydrogen-bond acceptors (Lipinski definition) is 6. The summed E-state index contributed by atoms with van der Waals surface area (Å²) in [6.07, 6.45) is 0. The molecule has 1 aliphatic rings. The standard InChI is InChI=1S/C10H21N3O4/c1-10(13(14)15)8-11-2-4-16-6-7-17-5-3-12-9-10/h11-12H,2-9H2,1H3. The van der Waals surface area contributed by atoms with E-state index in [9.17, 15) is 10.1 Å². The third-order valence-electron chi connectivity index (χ3n) is 2.67. The Kier molecular flexibility index (Phi) is 6.35. The fraction of sp³-hybridized carbons (Fsp3) is 1.00. The molecule has 1 rings (SSSR count). The van der Waals surface area contributed by atoms with Gasteiger partial charge in [0.05, 0.1) is 39.5 Å². The predicted octanol–water partition coefficient (Wildman–Crippen LogP) is -0.752. The van der Waals surface area contributed by atoms with E-state index in [0.717, 1.165) is 0 Å². The Bertz CT molecular complexity index is 224. The van der Waals surface area contributed by atoms with E-state index in [4.69, 9.17) is 9.47 Å². The van der Waals surface area contributed by atoms with Gasteiger partial charge in [-0.15, -0.1) is 0 Å².